The van der Waals surface area contributed by atoms with Crippen LogP contribution in [0.5, 0.6) is 0 Å². The second-order valence-electron chi connectivity index (χ2n) is 2.15. The van der Waals surface area contributed by atoms with Crippen molar-refractivity contribution in [2.45, 2.75) is 11.9 Å². The Morgan fingerprint density at radius 2 is 2.46 bits per heavy atom. The maximum absolute atomic E-state index is 10.7. The lowest BCUT2D eigenvalue weighted by atomic mass is 10.3. The molecular weight excluding hydrogens is 206 g/mol. The van der Waals surface area contributed by atoms with Crippen LogP contribution >= 0.6 is 21.6 Å². The number of hydrogen-bond donors (Lipinski definition) is 1. The van der Waals surface area contributed by atoms with E-state index in [1.807, 2.05) is 6.92 Å². The van der Waals surface area contributed by atoms with Crippen LogP contribution in [-0.4, -0.2) is 21.8 Å². The van der Waals surface area contributed by atoms with Crippen molar-refractivity contribution < 1.29 is 9.90 Å². The highest BCUT2D eigenvalue weighted by molar-refractivity contribution is 8.76. The van der Waals surface area contributed by atoms with Crippen LogP contribution in [0.2, 0.25) is 0 Å². The fourth-order valence-electron chi connectivity index (χ4n) is 0.735. The van der Waals surface area contributed by atoms with Crippen molar-refractivity contribution in [1.82, 2.24) is 4.98 Å². The number of pyridine rings is 1. The minimum atomic E-state index is -0.924. The van der Waals surface area contributed by atoms with Crippen LogP contribution in [-0.2, 0) is 0 Å². The zero-order chi connectivity index (χ0) is 9.68. The van der Waals surface area contributed by atoms with E-state index in [1.54, 1.807) is 29.1 Å². The number of aromatic nitrogens is 1. The fourth-order valence-corrected chi connectivity index (χ4v) is 2.40. The van der Waals surface area contributed by atoms with E-state index in [4.69, 9.17) is 5.11 Å². The zero-order valence-electron chi connectivity index (χ0n) is 7.06. The molecule has 0 aromatic carbocycles. The molecule has 13 heavy (non-hydrogen) atoms. The van der Waals surface area contributed by atoms with Crippen molar-refractivity contribution in [3.8, 4) is 0 Å². The Hall–Kier alpha value is -0.680. The minimum absolute atomic E-state index is 0.272. The van der Waals surface area contributed by atoms with Crippen LogP contribution in [0.3, 0.4) is 0 Å². The summed E-state index contributed by atoms with van der Waals surface area (Å²) in [5.74, 6) is 0.00706. The number of hydrogen-bond acceptors (Lipinski definition) is 4. The van der Waals surface area contributed by atoms with Gasteiger partial charge in [-0.25, -0.2) is 9.78 Å². The molecule has 0 amide bonds. The highest BCUT2D eigenvalue weighted by Crippen LogP contribution is 2.31. The first-order valence-corrected chi connectivity index (χ1v) is 6.05. The molecule has 0 bridgehead atoms. The maximum Gasteiger partial charge on any atom is 0.338 e. The summed E-state index contributed by atoms with van der Waals surface area (Å²) >= 11 is 0. The molecule has 0 aliphatic rings. The molecule has 1 N–H and O–H groups in total. The summed E-state index contributed by atoms with van der Waals surface area (Å²) in [5.41, 5.74) is 0.272. The molecule has 0 saturated carbocycles. The average molecular weight is 215 g/mol. The van der Waals surface area contributed by atoms with Crippen LogP contribution in [0.25, 0.3) is 0 Å². The summed E-state index contributed by atoms with van der Waals surface area (Å²) in [6.45, 7) is 2.01. The molecule has 0 atom stereocenters. The second-order valence-corrected chi connectivity index (χ2v) is 4.72. The quantitative estimate of drug-likeness (QED) is 0.782. The lowest BCUT2D eigenvalue weighted by molar-refractivity contribution is 0.0692. The topological polar surface area (TPSA) is 50.2 Å². The van der Waals surface area contributed by atoms with Gasteiger partial charge in [0, 0.05) is 11.9 Å². The van der Waals surface area contributed by atoms with E-state index in [1.165, 1.54) is 10.8 Å². The molecule has 0 fully saturated rings. The number of carboxylic acid groups (broad SMARTS) is 1. The molecule has 70 valence electrons. The van der Waals surface area contributed by atoms with Crippen LogP contribution in [0.15, 0.2) is 23.4 Å². The van der Waals surface area contributed by atoms with Gasteiger partial charge >= 0.3 is 5.97 Å². The Kier molecular flexibility index (Phi) is 4.11. The van der Waals surface area contributed by atoms with Crippen molar-refractivity contribution in [3.05, 3.63) is 23.9 Å². The summed E-state index contributed by atoms with van der Waals surface area (Å²) in [6.07, 6.45) is 1.60. The minimum Gasteiger partial charge on any atom is -0.478 e. The van der Waals surface area contributed by atoms with E-state index in [-0.39, 0.29) is 5.56 Å². The summed E-state index contributed by atoms with van der Waals surface area (Å²) in [5, 5.41) is 9.37. The molecule has 3 nitrogen and oxygen atoms in total. The van der Waals surface area contributed by atoms with Crippen molar-refractivity contribution in [2.75, 3.05) is 5.75 Å². The molecule has 1 heterocycles. The smallest absolute Gasteiger partial charge is 0.338 e. The number of nitrogens with zero attached hydrogens (tertiary/aromatic N) is 1. The molecule has 1 rings (SSSR count). The van der Waals surface area contributed by atoms with Gasteiger partial charge in [0.05, 0.1) is 5.56 Å². The number of carbonyl (C=O) groups is 1. The van der Waals surface area contributed by atoms with Crippen LogP contribution in [0, 0.1) is 0 Å². The van der Waals surface area contributed by atoms with Gasteiger partial charge < -0.3 is 5.11 Å². The summed E-state index contributed by atoms with van der Waals surface area (Å²) in [7, 11) is 2.98. The zero-order valence-corrected chi connectivity index (χ0v) is 8.69. The average Bonchev–Trinajstić information content (AvgIpc) is 2.15. The highest BCUT2D eigenvalue weighted by Gasteiger charge is 2.10. The molecule has 0 spiro atoms. The summed E-state index contributed by atoms with van der Waals surface area (Å²) in [6, 6.07) is 3.19. The lowest BCUT2D eigenvalue weighted by Gasteiger charge is -2.01. The molecule has 5 heteroatoms. The van der Waals surface area contributed by atoms with Gasteiger partial charge in [0.25, 0.3) is 0 Å². The third kappa shape index (κ3) is 2.93. The third-order valence-electron chi connectivity index (χ3n) is 1.26. The Balaban J connectivity index is 2.84. The largest absolute Gasteiger partial charge is 0.478 e. The molecule has 0 radical (unpaired) electrons. The second kappa shape index (κ2) is 5.14. The van der Waals surface area contributed by atoms with Crippen molar-refractivity contribution >= 4 is 27.6 Å². The van der Waals surface area contributed by atoms with Gasteiger partial charge in [-0.2, -0.15) is 0 Å². The van der Waals surface area contributed by atoms with Crippen LogP contribution < -0.4 is 0 Å². The Labute approximate surface area is 84.3 Å². The van der Waals surface area contributed by atoms with Gasteiger partial charge in [0.1, 0.15) is 5.03 Å². The SMILES string of the molecule is CCSSc1ncccc1C(=O)O. The predicted molar refractivity (Wildman–Crippen MR) is 55.2 cm³/mol. The molecule has 1 aromatic heterocycles. The van der Waals surface area contributed by atoms with Crippen LogP contribution in [0.4, 0.5) is 0 Å². The molecule has 1 aromatic rings. The van der Waals surface area contributed by atoms with Crippen molar-refractivity contribution in [3.63, 3.8) is 0 Å². The number of aromatic carboxylic acids is 1. The first kappa shape index (κ1) is 10.4. The van der Waals surface area contributed by atoms with Gasteiger partial charge in [-0.05, 0) is 22.9 Å². The van der Waals surface area contributed by atoms with Crippen molar-refractivity contribution in [1.29, 1.82) is 0 Å². The Bertz CT molecular complexity index is 304. The van der Waals surface area contributed by atoms with Gasteiger partial charge in [-0.1, -0.05) is 17.7 Å². The van der Waals surface area contributed by atoms with Crippen molar-refractivity contribution in [2.24, 2.45) is 0 Å². The first-order valence-electron chi connectivity index (χ1n) is 3.73. The number of rotatable bonds is 4. The normalized spacial score (nSPS) is 9.92. The number of carboxylic acids is 1. The van der Waals surface area contributed by atoms with E-state index in [2.05, 4.69) is 4.98 Å². The molecule has 0 aliphatic carbocycles. The van der Waals surface area contributed by atoms with E-state index in [0.29, 0.717) is 5.03 Å². The summed E-state index contributed by atoms with van der Waals surface area (Å²) < 4.78 is 0. The van der Waals surface area contributed by atoms with Gasteiger partial charge in [0.15, 0.2) is 0 Å². The molecular formula is C8H9NO2S2. The summed E-state index contributed by atoms with van der Waals surface area (Å²) in [4.78, 5) is 14.7. The maximum atomic E-state index is 10.7. The third-order valence-corrected chi connectivity index (χ3v) is 3.63. The van der Waals surface area contributed by atoms with Gasteiger partial charge in [-0.3, -0.25) is 0 Å². The highest BCUT2D eigenvalue weighted by atomic mass is 33.1. The van der Waals surface area contributed by atoms with Gasteiger partial charge in [-0.15, -0.1) is 0 Å². The molecule has 0 aliphatic heterocycles. The Morgan fingerprint density at radius 3 is 3.08 bits per heavy atom. The van der Waals surface area contributed by atoms with E-state index in [0.717, 1.165) is 5.75 Å². The molecule has 0 unspecified atom stereocenters. The predicted octanol–water partition coefficient (Wildman–Crippen LogP) is 2.54. The standard InChI is InChI=1S/C8H9NO2S2/c1-2-12-13-7-6(8(10)11)4-3-5-9-7/h3-5H,2H2,1H3,(H,10,11). The van der Waals surface area contributed by atoms with E-state index >= 15 is 0 Å². The monoisotopic (exact) mass is 215 g/mol. The van der Waals surface area contributed by atoms with Crippen LogP contribution in [0.1, 0.15) is 17.3 Å². The Morgan fingerprint density at radius 1 is 1.69 bits per heavy atom. The fraction of sp³-hybridized carbons (Fsp3) is 0.250. The van der Waals surface area contributed by atoms with E-state index in [9.17, 15) is 4.79 Å². The lowest BCUT2D eigenvalue weighted by Crippen LogP contribution is -1.99. The van der Waals surface area contributed by atoms with Gasteiger partial charge in [0.2, 0.25) is 0 Å². The van der Waals surface area contributed by atoms with E-state index < -0.39 is 5.97 Å². The first-order chi connectivity index (χ1) is 6.25. The molecule has 0 saturated heterocycles.